The third kappa shape index (κ3) is 2.67. The summed E-state index contributed by atoms with van der Waals surface area (Å²) in [5, 5.41) is 3.95. The molecule has 1 aromatic rings. The highest BCUT2D eigenvalue weighted by molar-refractivity contribution is 6.33. The molecule has 0 atom stereocenters. The summed E-state index contributed by atoms with van der Waals surface area (Å²) < 4.78 is 19.0. The molecular formula is C14H13ClFNO3. The van der Waals surface area contributed by atoms with Crippen LogP contribution in [0.5, 0.6) is 0 Å². The summed E-state index contributed by atoms with van der Waals surface area (Å²) in [4.78, 5) is 17.0. The lowest BCUT2D eigenvalue weighted by molar-refractivity contribution is -0.137. The van der Waals surface area contributed by atoms with E-state index >= 15 is 0 Å². The molecule has 6 heteroatoms. The van der Waals surface area contributed by atoms with Crippen LogP contribution in [0.3, 0.4) is 0 Å². The monoisotopic (exact) mass is 297 g/mol. The molecule has 0 aliphatic carbocycles. The van der Waals surface area contributed by atoms with E-state index in [-0.39, 0.29) is 29.4 Å². The summed E-state index contributed by atoms with van der Waals surface area (Å²) >= 11 is 6.04. The number of rotatable bonds is 3. The van der Waals surface area contributed by atoms with Crippen molar-refractivity contribution in [1.82, 2.24) is 0 Å². The van der Waals surface area contributed by atoms with E-state index in [9.17, 15) is 9.18 Å². The molecule has 0 bridgehead atoms. The Kier molecular flexibility index (Phi) is 4.39. The smallest absolute Gasteiger partial charge is 0.340 e. The molecule has 0 fully saturated rings. The predicted octanol–water partition coefficient (Wildman–Crippen LogP) is 3.20. The fraction of sp³-hybridized carbons (Fsp3) is 0.286. The predicted molar refractivity (Wildman–Crippen MR) is 74.0 cm³/mol. The first-order valence-electron chi connectivity index (χ1n) is 6.07. The van der Waals surface area contributed by atoms with Crippen molar-refractivity contribution >= 4 is 28.9 Å². The van der Waals surface area contributed by atoms with Crippen LogP contribution in [0.25, 0.3) is 5.57 Å². The van der Waals surface area contributed by atoms with E-state index in [4.69, 9.17) is 21.2 Å². The Morgan fingerprint density at radius 3 is 2.95 bits per heavy atom. The van der Waals surface area contributed by atoms with Gasteiger partial charge in [0.05, 0.1) is 22.9 Å². The number of oxime groups is 1. The van der Waals surface area contributed by atoms with Crippen LogP contribution in [0.4, 0.5) is 4.39 Å². The number of carbonyl (C=O) groups excluding carboxylic acids is 1. The average Bonchev–Trinajstić information content (AvgIpc) is 2.38. The molecule has 1 aromatic carbocycles. The maximum Gasteiger partial charge on any atom is 0.340 e. The molecule has 0 spiro atoms. The number of hydrogen-bond acceptors (Lipinski definition) is 4. The van der Waals surface area contributed by atoms with Crippen LogP contribution in [0, 0.1) is 5.82 Å². The highest BCUT2D eigenvalue weighted by atomic mass is 35.5. The van der Waals surface area contributed by atoms with Crippen molar-refractivity contribution in [3.8, 4) is 0 Å². The Labute approximate surface area is 120 Å². The van der Waals surface area contributed by atoms with Gasteiger partial charge in [0.15, 0.2) is 0 Å². The van der Waals surface area contributed by atoms with Crippen molar-refractivity contribution in [3.05, 3.63) is 40.2 Å². The van der Waals surface area contributed by atoms with E-state index in [0.29, 0.717) is 11.3 Å². The molecule has 0 amide bonds. The zero-order valence-electron chi connectivity index (χ0n) is 11.1. The minimum Gasteiger partial charge on any atom is -0.462 e. The summed E-state index contributed by atoms with van der Waals surface area (Å²) in [5.74, 6) is -1.08. The number of benzene rings is 1. The molecule has 1 aliphatic rings. The molecule has 0 radical (unpaired) electrons. The first-order valence-corrected chi connectivity index (χ1v) is 6.45. The first kappa shape index (κ1) is 14.5. The number of ether oxygens (including phenoxy) is 1. The average molecular weight is 298 g/mol. The summed E-state index contributed by atoms with van der Waals surface area (Å²) in [6.45, 7) is 3.47. The number of nitrogens with zero attached hydrogens (tertiary/aromatic N) is 1. The van der Waals surface area contributed by atoms with Crippen LogP contribution >= 0.6 is 11.6 Å². The van der Waals surface area contributed by atoms with Gasteiger partial charge in [0.2, 0.25) is 0 Å². The minimum atomic E-state index is -0.564. The summed E-state index contributed by atoms with van der Waals surface area (Å²) in [6.07, 6.45) is 0. The van der Waals surface area contributed by atoms with Gasteiger partial charge in [-0.25, -0.2) is 9.18 Å². The second kappa shape index (κ2) is 6.05. The zero-order valence-corrected chi connectivity index (χ0v) is 11.8. The normalized spacial score (nSPS) is 14.7. The van der Waals surface area contributed by atoms with Crippen molar-refractivity contribution in [2.45, 2.75) is 13.8 Å². The van der Waals surface area contributed by atoms with Crippen LogP contribution in [0.1, 0.15) is 19.4 Å². The fourth-order valence-corrected chi connectivity index (χ4v) is 2.26. The molecule has 0 N–H and O–H groups in total. The van der Waals surface area contributed by atoms with Gasteiger partial charge >= 0.3 is 5.97 Å². The van der Waals surface area contributed by atoms with E-state index < -0.39 is 11.8 Å². The molecular weight excluding hydrogens is 285 g/mol. The van der Waals surface area contributed by atoms with Gasteiger partial charge in [-0.1, -0.05) is 22.8 Å². The fourth-order valence-electron chi connectivity index (χ4n) is 1.99. The van der Waals surface area contributed by atoms with Gasteiger partial charge in [0.25, 0.3) is 0 Å². The van der Waals surface area contributed by atoms with Crippen molar-refractivity contribution in [1.29, 1.82) is 0 Å². The maximum atomic E-state index is 14.0. The third-order valence-corrected chi connectivity index (χ3v) is 3.13. The molecule has 20 heavy (non-hydrogen) atoms. The van der Waals surface area contributed by atoms with Crippen LogP contribution in [0.15, 0.2) is 28.9 Å². The van der Waals surface area contributed by atoms with Crippen LogP contribution in [-0.2, 0) is 14.4 Å². The van der Waals surface area contributed by atoms with Gasteiger partial charge < -0.3 is 9.57 Å². The second-order valence-corrected chi connectivity index (χ2v) is 4.53. The third-order valence-electron chi connectivity index (χ3n) is 2.82. The topological polar surface area (TPSA) is 47.9 Å². The summed E-state index contributed by atoms with van der Waals surface area (Å²) in [7, 11) is 0. The standard InChI is InChI=1S/C14H13ClFNO3/c1-3-19-14(18)12-8(2)17-20-7-9(12)13-10(15)5-4-6-11(13)16/h4-6H,3,7H2,1-2H3. The molecule has 2 rings (SSSR count). The largest absolute Gasteiger partial charge is 0.462 e. The summed E-state index contributed by atoms with van der Waals surface area (Å²) in [5.41, 5.74) is 1.03. The van der Waals surface area contributed by atoms with Crippen molar-refractivity contribution in [2.75, 3.05) is 13.2 Å². The minimum absolute atomic E-state index is 0.0356. The second-order valence-electron chi connectivity index (χ2n) is 4.12. The molecule has 106 valence electrons. The number of hydrogen-bond donors (Lipinski definition) is 0. The van der Waals surface area contributed by atoms with Gasteiger partial charge in [-0.3, -0.25) is 0 Å². The summed E-state index contributed by atoms with van der Waals surface area (Å²) in [6, 6.07) is 4.32. The van der Waals surface area contributed by atoms with Gasteiger partial charge in [-0.15, -0.1) is 0 Å². The molecule has 0 aromatic heterocycles. The molecule has 1 heterocycles. The van der Waals surface area contributed by atoms with Crippen molar-refractivity contribution in [3.63, 3.8) is 0 Å². The lowest BCUT2D eigenvalue weighted by Gasteiger charge is -2.19. The molecule has 0 saturated heterocycles. The number of carbonyl (C=O) groups is 1. The lowest BCUT2D eigenvalue weighted by Crippen LogP contribution is -2.21. The van der Waals surface area contributed by atoms with Crippen molar-refractivity contribution < 1.29 is 18.8 Å². The molecule has 0 saturated carbocycles. The van der Waals surface area contributed by atoms with Gasteiger partial charge in [0, 0.05) is 11.1 Å². The Balaban J connectivity index is 2.63. The molecule has 4 nitrogen and oxygen atoms in total. The van der Waals surface area contributed by atoms with E-state index in [1.165, 1.54) is 12.1 Å². The van der Waals surface area contributed by atoms with Gasteiger partial charge in [0.1, 0.15) is 12.4 Å². The Morgan fingerprint density at radius 1 is 1.55 bits per heavy atom. The van der Waals surface area contributed by atoms with E-state index in [1.807, 2.05) is 0 Å². The SMILES string of the molecule is CCOC(=O)C1=C(c2c(F)cccc2Cl)CON=C1C. The molecule has 1 aliphatic heterocycles. The van der Waals surface area contributed by atoms with Gasteiger partial charge in [-0.05, 0) is 26.0 Å². The number of esters is 1. The Morgan fingerprint density at radius 2 is 2.30 bits per heavy atom. The first-order chi connectivity index (χ1) is 9.56. The van der Waals surface area contributed by atoms with E-state index in [1.54, 1.807) is 19.9 Å². The van der Waals surface area contributed by atoms with Crippen molar-refractivity contribution in [2.24, 2.45) is 5.16 Å². The maximum absolute atomic E-state index is 14.0. The Bertz CT molecular complexity index is 590. The Hall–Kier alpha value is -1.88. The number of halogens is 2. The zero-order chi connectivity index (χ0) is 14.7. The molecule has 0 unspecified atom stereocenters. The van der Waals surface area contributed by atoms with E-state index in [0.717, 1.165) is 0 Å². The van der Waals surface area contributed by atoms with Crippen LogP contribution in [-0.4, -0.2) is 24.9 Å². The van der Waals surface area contributed by atoms with E-state index in [2.05, 4.69) is 5.16 Å². The van der Waals surface area contributed by atoms with Gasteiger partial charge in [-0.2, -0.15) is 0 Å². The highest BCUT2D eigenvalue weighted by Gasteiger charge is 2.27. The van der Waals surface area contributed by atoms with Crippen LogP contribution < -0.4 is 0 Å². The van der Waals surface area contributed by atoms with Crippen LogP contribution in [0.2, 0.25) is 5.02 Å². The highest BCUT2D eigenvalue weighted by Crippen LogP contribution is 2.32. The lowest BCUT2D eigenvalue weighted by atomic mass is 9.96. The quantitative estimate of drug-likeness (QED) is 0.805.